The highest BCUT2D eigenvalue weighted by atomic mass is 15.2. The van der Waals surface area contributed by atoms with Gasteiger partial charge in [0.15, 0.2) is 0 Å². The molecule has 92 valence electrons. The van der Waals surface area contributed by atoms with Crippen molar-refractivity contribution in [1.29, 1.82) is 0 Å². The van der Waals surface area contributed by atoms with Crippen LogP contribution in [0.4, 0.5) is 0 Å². The summed E-state index contributed by atoms with van der Waals surface area (Å²) >= 11 is 0. The minimum Gasteiger partial charge on any atom is -0.329 e. The zero-order chi connectivity index (χ0) is 11.1. The average Bonchev–Trinajstić information content (AvgIpc) is 2.26. The molecule has 0 aromatic carbocycles. The number of hydrogen-bond acceptors (Lipinski definition) is 2. The Morgan fingerprint density at radius 1 is 1.06 bits per heavy atom. The molecule has 2 saturated carbocycles. The van der Waals surface area contributed by atoms with Crippen LogP contribution in [0.25, 0.3) is 0 Å². The third kappa shape index (κ3) is 1.70. The monoisotopic (exact) mass is 222 g/mol. The lowest BCUT2D eigenvalue weighted by atomic mass is 9.63. The number of piperidine rings is 2. The van der Waals surface area contributed by atoms with Crippen molar-refractivity contribution in [2.45, 2.75) is 70.0 Å². The van der Waals surface area contributed by atoms with E-state index in [2.05, 4.69) is 11.8 Å². The predicted octanol–water partition coefficient (Wildman–Crippen LogP) is 2.38. The minimum atomic E-state index is 0.681. The van der Waals surface area contributed by atoms with E-state index in [0.29, 0.717) is 6.04 Å². The molecule has 2 heterocycles. The molecule has 2 aliphatic heterocycles. The summed E-state index contributed by atoms with van der Waals surface area (Å²) in [7, 11) is 0. The second-order valence-corrected chi connectivity index (χ2v) is 6.34. The first kappa shape index (κ1) is 11.0. The van der Waals surface area contributed by atoms with Crippen molar-refractivity contribution >= 4 is 0 Å². The smallest absolute Gasteiger partial charge is 0.0224 e. The first-order valence-electron chi connectivity index (χ1n) is 7.29. The van der Waals surface area contributed by atoms with Crippen LogP contribution in [-0.2, 0) is 0 Å². The van der Waals surface area contributed by atoms with Crippen LogP contribution >= 0.6 is 0 Å². The normalized spacial score (nSPS) is 43.9. The molecule has 2 N–H and O–H groups in total. The summed E-state index contributed by atoms with van der Waals surface area (Å²) in [6.07, 6.45) is 10.0. The van der Waals surface area contributed by atoms with Crippen LogP contribution in [0.5, 0.6) is 0 Å². The lowest BCUT2D eigenvalue weighted by molar-refractivity contribution is -0.0817. The second-order valence-electron chi connectivity index (χ2n) is 6.34. The maximum absolute atomic E-state index is 6.00. The van der Waals surface area contributed by atoms with E-state index in [-0.39, 0.29) is 0 Å². The van der Waals surface area contributed by atoms with Crippen LogP contribution in [0.1, 0.15) is 51.9 Å². The Morgan fingerprint density at radius 3 is 2.06 bits per heavy atom. The van der Waals surface area contributed by atoms with Gasteiger partial charge in [-0.25, -0.2) is 0 Å². The van der Waals surface area contributed by atoms with E-state index in [0.717, 1.165) is 30.5 Å². The van der Waals surface area contributed by atoms with Crippen molar-refractivity contribution in [1.82, 2.24) is 4.90 Å². The topological polar surface area (TPSA) is 29.3 Å². The van der Waals surface area contributed by atoms with Gasteiger partial charge in [0.05, 0.1) is 0 Å². The Kier molecular flexibility index (Phi) is 2.97. The van der Waals surface area contributed by atoms with Crippen LogP contribution < -0.4 is 5.73 Å². The van der Waals surface area contributed by atoms with E-state index < -0.39 is 0 Å². The molecule has 0 radical (unpaired) electrons. The van der Waals surface area contributed by atoms with Crippen molar-refractivity contribution in [2.75, 3.05) is 6.54 Å². The van der Waals surface area contributed by atoms with Gasteiger partial charge in [0.1, 0.15) is 0 Å². The van der Waals surface area contributed by atoms with Gasteiger partial charge in [-0.05, 0) is 50.4 Å². The molecule has 0 aromatic heterocycles. The van der Waals surface area contributed by atoms with Crippen LogP contribution in [-0.4, -0.2) is 29.6 Å². The fourth-order valence-corrected chi connectivity index (χ4v) is 4.88. The molecule has 4 rings (SSSR count). The van der Waals surface area contributed by atoms with Crippen molar-refractivity contribution in [2.24, 2.45) is 17.6 Å². The zero-order valence-corrected chi connectivity index (χ0v) is 10.6. The summed E-state index contributed by atoms with van der Waals surface area (Å²) in [5, 5.41) is 0. The molecule has 1 unspecified atom stereocenters. The molecule has 2 heteroatoms. The van der Waals surface area contributed by atoms with Gasteiger partial charge < -0.3 is 5.73 Å². The van der Waals surface area contributed by atoms with E-state index >= 15 is 0 Å². The van der Waals surface area contributed by atoms with E-state index in [1.807, 2.05) is 0 Å². The van der Waals surface area contributed by atoms with Crippen molar-refractivity contribution in [3.05, 3.63) is 0 Å². The average molecular weight is 222 g/mol. The number of hydrogen-bond donors (Lipinski definition) is 1. The molecular formula is C14H26N2. The van der Waals surface area contributed by atoms with Gasteiger partial charge in [-0.1, -0.05) is 13.3 Å². The Hall–Kier alpha value is -0.0800. The van der Waals surface area contributed by atoms with Crippen LogP contribution in [0, 0.1) is 11.8 Å². The number of nitrogens with two attached hydrogens (primary N) is 1. The third-order valence-corrected chi connectivity index (χ3v) is 5.25. The highest BCUT2D eigenvalue weighted by molar-refractivity contribution is 5.02. The van der Waals surface area contributed by atoms with Gasteiger partial charge in [-0.2, -0.15) is 0 Å². The van der Waals surface area contributed by atoms with Gasteiger partial charge in [0.2, 0.25) is 0 Å². The van der Waals surface area contributed by atoms with Gasteiger partial charge in [0.25, 0.3) is 0 Å². The first-order valence-corrected chi connectivity index (χ1v) is 7.29. The first-order chi connectivity index (χ1) is 7.81. The summed E-state index contributed by atoms with van der Waals surface area (Å²) in [6.45, 7) is 3.16. The van der Waals surface area contributed by atoms with E-state index in [1.54, 1.807) is 6.42 Å². The maximum atomic E-state index is 6.00. The van der Waals surface area contributed by atoms with Gasteiger partial charge in [0, 0.05) is 24.7 Å². The minimum absolute atomic E-state index is 0.681. The van der Waals surface area contributed by atoms with Gasteiger partial charge >= 0.3 is 0 Å². The van der Waals surface area contributed by atoms with Crippen LogP contribution in [0.3, 0.4) is 0 Å². The Morgan fingerprint density at radius 2 is 1.62 bits per heavy atom. The molecule has 2 aliphatic carbocycles. The summed E-state index contributed by atoms with van der Waals surface area (Å²) < 4.78 is 0. The summed E-state index contributed by atoms with van der Waals surface area (Å²) in [5.41, 5.74) is 6.00. The quantitative estimate of drug-likeness (QED) is 0.791. The lowest BCUT2D eigenvalue weighted by Crippen LogP contribution is -2.62. The van der Waals surface area contributed by atoms with Crippen molar-refractivity contribution in [3.63, 3.8) is 0 Å². The second kappa shape index (κ2) is 4.30. The molecule has 0 aromatic rings. The largest absolute Gasteiger partial charge is 0.329 e. The molecular weight excluding hydrogens is 196 g/mol. The number of rotatable bonds is 4. The maximum Gasteiger partial charge on any atom is 0.0224 e. The standard InChI is InChI=1S/C14H26N2/c1-2-3-12(9-15)16-13-5-10-4-11(7-13)8-14(16)6-10/h10-14H,2-9,15H2,1H3. The molecule has 2 saturated heterocycles. The third-order valence-electron chi connectivity index (χ3n) is 5.25. The molecule has 1 atom stereocenters. The Balaban J connectivity index is 1.75. The zero-order valence-electron chi connectivity index (χ0n) is 10.6. The van der Waals surface area contributed by atoms with Gasteiger partial charge in [-0.3, -0.25) is 4.90 Å². The fraction of sp³-hybridized carbons (Fsp3) is 1.00. The van der Waals surface area contributed by atoms with Crippen LogP contribution in [0.15, 0.2) is 0 Å². The summed E-state index contributed by atoms with van der Waals surface area (Å²) in [6, 6.07) is 2.48. The lowest BCUT2D eigenvalue weighted by Gasteiger charge is -2.58. The fourth-order valence-electron chi connectivity index (χ4n) is 4.88. The molecule has 2 nitrogen and oxygen atoms in total. The summed E-state index contributed by atoms with van der Waals surface area (Å²) in [4.78, 5) is 2.84. The SMILES string of the molecule is CCCC(CN)N1C2CC3CC(C2)CC1C3. The summed E-state index contributed by atoms with van der Waals surface area (Å²) in [5.74, 6) is 2.14. The molecule has 0 amide bonds. The van der Waals surface area contributed by atoms with Crippen LogP contribution in [0.2, 0.25) is 0 Å². The number of nitrogens with zero attached hydrogens (tertiary/aromatic N) is 1. The molecule has 0 spiro atoms. The van der Waals surface area contributed by atoms with E-state index in [1.165, 1.54) is 38.5 Å². The molecule has 16 heavy (non-hydrogen) atoms. The predicted molar refractivity (Wildman–Crippen MR) is 67.2 cm³/mol. The van der Waals surface area contributed by atoms with E-state index in [9.17, 15) is 0 Å². The Bertz CT molecular complexity index is 220. The highest BCUT2D eigenvalue weighted by Crippen LogP contribution is 2.49. The molecule has 4 bridgehead atoms. The highest BCUT2D eigenvalue weighted by Gasteiger charge is 2.48. The van der Waals surface area contributed by atoms with Crippen molar-refractivity contribution in [3.8, 4) is 0 Å². The molecule has 4 fully saturated rings. The van der Waals surface area contributed by atoms with E-state index in [4.69, 9.17) is 5.73 Å². The van der Waals surface area contributed by atoms with Crippen molar-refractivity contribution < 1.29 is 0 Å². The Labute approximate surface area is 99.6 Å². The molecule has 4 aliphatic rings. The van der Waals surface area contributed by atoms with Gasteiger partial charge in [-0.15, -0.1) is 0 Å².